The van der Waals surface area contributed by atoms with Crippen molar-refractivity contribution in [1.29, 1.82) is 0 Å². The number of rotatable bonds is 6. The SMILES string of the molecule is C1CCOC1.Nc1cc(F)cc(F)c1.O=C(NC1CCC12CCCC2)c1nc(Cl)cc2c1CC=C2.O=C(NC1CCC12CCCC2)c1nc(Nc2cc(F)cc(F)c2)cc2c1CC=C2. The number of nitrogens with zero attached hydrogens (tertiary/aromatic N) is 2. The zero-order chi connectivity index (χ0) is 44.8. The lowest BCUT2D eigenvalue weighted by molar-refractivity contribution is 0.0576. The molecule has 4 saturated carbocycles. The molecule has 3 heterocycles. The van der Waals surface area contributed by atoms with Crippen molar-refractivity contribution in [2.75, 3.05) is 24.3 Å². The van der Waals surface area contributed by atoms with Crippen LogP contribution in [0.15, 0.2) is 60.7 Å². The maximum absolute atomic E-state index is 13.5. The van der Waals surface area contributed by atoms with Crippen molar-refractivity contribution in [1.82, 2.24) is 20.6 Å². The molecule has 5 N–H and O–H groups in total. The van der Waals surface area contributed by atoms with Gasteiger partial charge < -0.3 is 26.4 Å². The van der Waals surface area contributed by atoms with Gasteiger partial charge in [-0.05, 0) is 147 Å². The van der Waals surface area contributed by atoms with Gasteiger partial charge in [-0.15, -0.1) is 0 Å². The number of allylic oxidation sites excluding steroid dienone is 2. The van der Waals surface area contributed by atoms with Crippen LogP contribution in [0.2, 0.25) is 5.15 Å². The Morgan fingerprint density at radius 2 is 1.09 bits per heavy atom. The van der Waals surface area contributed by atoms with E-state index in [1.807, 2.05) is 24.3 Å². The number of benzene rings is 2. The fraction of sp³-hybridized carbons (Fsp3) is 0.440. The quantitative estimate of drug-likeness (QED) is 0.0861. The van der Waals surface area contributed by atoms with Gasteiger partial charge in [0.25, 0.3) is 11.8 Å². The highest BCUT2D eigenvalue weighted by molar-refractivity contribution is 6.29. The molecule has 2 aromatic carbocycles. The highest BCUT2D eigenvalue weighted by Gasteiger charge is 2.50. The number of aromatic nitrogens is 2. The van der Waals surface area contributed by atoms with Crippen LogP contribution < -0.4 is 21.7 Å². The highest BCUT2D eigenvalue weighted by Crippen LogP contribution is 2.54. The van der Waals surface area contributed by atoms with Crippen molar-refractivity contribution in [3.8, 4) is 0 Å². The molecule has 2 unspecified atom stereocenters. The van der Waals surface area contributed by atoms with Crippen LogP contribution >= 0.6 is 11.6 Å². The summed E-state index contributed by atoms with van der Waals surface area (Å²) >= 11 is 6.05. The Balaban J connectivity index is 0.000000138. The summed E-state index contributed by atoms with van der Waals surface area (Å²) < 4.78 is 56.2. The Bertz CT molecular complexity index is 2350. The van der Waals surface area contributed by atoms with Crippen molar-refractivity contribution in [3.05, 3.63) is 123 Å². The minimum absolute atomic E-state index is 0.0478. The Labute approximate surface area is 376 Å². The first-order valence-corrected chi connectivity index (χ1v) is 23.0. The fourth-order valence-electron chi connectivity index (χ4n) is 10.4. The van der Waals surface area contributed by atoms with Gasteiger partial charge in [0.2, 0.25) is 0 Å². The zero-order valence-electron chi connectivity index (χ0n) is 35.9. The Kier molecular flexibility index (Phi) is 14.1. The van der Waals surface area contributed by atoms with E-state index in [2.05, 4.69) is 32.0 Å². The number of pyridine rings is 2. The second-order valence-corrected chi connectivity index (χ2v) is 18.5. The summed E-state index contributed by atoms with van der Waals surface area (Å²) in [7, 11) is 0. The number of nitrogen functional groups attached to an aromatic ring is 1. The number of ether oxygens (including phenoxy) is 1. The lowest BCUT2D eigenvalue weighted by Crippen LogP contribution is -2.54. The number of amides is 2. The molecule has 2 atom stereocenters. The summed E-state index contributed by atoms with van der Waals surface area (Å²) in [5.74, 6) is -2.44. The van der Waals surface area contributed by atoms with Crippen LogP contribution in [0.3, 0.4) is 0 Å². The standard InChI is InChI=1S/C23H23F2N3O.C17H19ClN2O.C6H5F2N.C4H8O/c24-15-11-16(25)13-17(12-15)26-20-10-14-4-3-5-18(14)21(28-20)22(29)27-19-6-9-23(19)7-1-2-8-23;18-14-10-11-4-3-5-12(11)15(20-14)16(21)19-13-6-9-17(13)7-1-2-8-17;7-4-1-5(8)3-6(9)2-4;1-2-4-5-3-1/h3-4,10-13,19H,1-2,5-9H2,(H,26,28)(H,27,29);3-4,10,13H,1-2,5-9H2,(H,19,21);1-3H,9H2;1-4H2. The summed E-state index contributed by atoms with van der Waals surface area (Å²) in [4.78, 5) is 34.6. The number of nitrogens with one attached hydrogen (secondary N) is 3. The van der Waals surface area contributed by atoms with Crippen LogP contribution in [0.25, 0.3) is 12.2 Å². The highest BCUT2D eigenvalue weighted by atomic mass is 35.5. The molecule has 64 heavy (non-hydrogen) atoms. The molecule has 11 rings (SSSR count). The predicted molar refractivity (Wildman–Crippen MR) is 242 cm³/mol. The first-order valence-electron chi connectivity index (χ1n) is 22.6. The van der Waals surface area contributed by atoms with Gasteiger partial charge in [0.15, 0.2) is 0 Å². The Morgan fingerprint density at radius 1 is 0.625 bits per heavy atom. The molecule has 6 aliphatic carbocycles. The predicted octanol–water partition coefficient (Wildman–Crippen LogP) is 11.2. The molecule has 2 spiro atoms. The van der Waals surface area contributed by atoms with E-state index in [9.17, 15) is 27.2 Å². The van der Waals surface area contributed by atoms with E-state index >= 15 is 0 Å². The number of hydrogen-bond donors (Lipinski definition) is 4. The van der Waals surface area contributed by atoms with Gasteiger partial charge in [-0.3, -0.25) is 9.59 Å². The molecular formula is C50H55ClF4N6O3. The molecule has 14 heteroatoms. The molecule has 7 aliphatic rings. The molecule has 5 fully saturated rings. The normalized spacial score (nSPS) is 21.0. The molecular weight excluding hydrogens is 844 g/mol. The number of carbonyl (C=O) groups is 2. The van der Waals surface area contributed by atoms with Gasteiger partial charge >= 0.3 is 0 Å². The summed E-state index contributed by atoms with van der Waals surface area (Å²) in [5.41, 5.74) is 10.9. The third-order valence-corrected chi connectivity index (χ3v) is 14.1. The van der Waals surface area contributed by atoms with E-state index in [0.717, 1.165) is 79.0 Å². The Hall–Kier alpha value is -5.27. The van der Waals surface area contributed by atoms with Crippen LogP contribution in [0.4, 0.5) is 34.8 Å². The zero-order valence-corrected chi connectivity index (χ0v) is 36.7. The van der Waals surface area contributed by atoms with Gasteiger partial charge in [-0.1, -0.05) is 61.6 Å². The van der Waals surface area contributed by atoms with Crippen molar-refractivity contribution in [2.24, 2.45) is 10.8 Å². The average molecular weight is 899 g/mol. The number of fused-ring (bicyclic) bond motifs is 2. The van der Waals surface area contributed by atoms with Gasteiger partial charge in [0, 0.05) is 48.8 Å². The van der Waals surface area contributed by atoms with Gasteiger partial charge in [0.1, 0.15) is 45.6 Å². The number of halogens is 5. The monoisotopic (exact) mass is 898 g/mol. The lowest BCUT2D eigenvalue weighted by atomic mass is 9.63. The Morgan fingerprint density at radius 3 is 1.53 bits per heavy atom. The van der Waals surface area contributed by atoms with Crippen molar-refractivity contribution < 1.29 is 31.9 Å². The summed E-state index contributed by atoms with van der Waals surface area (Å²) in [6, 6.07) is 10.3. The molecule has 0 bridgehead atoms. The molecule has 0 radical (unpaired) electrons. The number of anilines is 3. The molecule has 338 valence electrons. The lowest BCUT2D eigenvalue weighted by Gasteiger charge is -2.47. The molecule has 1 aliphatic heterocycles. The third-order valence-electron chi connectivity index (χ3n) is 14.0. The molecule has 4 aromatic rings. The minimum Gasteiger partial charge on any atom is -0.399 e. The molecule has 9 nitrogen and oxygen atoms in total. The van der Waals surface area contributed by atoms with E-state index in [4.69, 9.17) is 22.1 Å². The minimum atomic E-state index is -0.668. The summed E-state index contributed by atoms with van der Waals surface area (Å²) in [6.07, 6.45) is 26.6. The van der Waals surface area contributed by atoms with Crippen LogP contribution in [-0.2, 0) is 17.6 Å². The molecule has 2 aromatic heterocycles. The van der Waals surface area contributed by atoms with Crippen molar-refractivity contribution in [3.63, 3.8) is 0 Å². The van der Waals surface area contributed by atoms with Crippen molar-refractivity contribution in [2.45, 2.75) is 115 Å². The number of nitrogens with two attached hydrogens (primary N) is 1. The van der Waals surface area contributed by atoms with Gasteiger partial charge in [0.05, 0.1) is 0 Å². The fourth-order valence-corrected chi connectivity index (χ4v) is 10.6. The first kappa shape index (κ1) is 45.3. The second kappa shape index (κ2) is 19.9. The van der Waals surface area contributed by atoms with Crippen LogP contribution in [0.1, 0.15) is 133 Å². The number of hydrogen-bond acceptors (Lipinski definition) is 7. The summed E-state index contributed by atoms with van der Waals surface area (Å²) in [5, 5.41) is 9.80. The molecule has 2 amide bonds. The third kappa shape index (κ3) is 10.5. The van der Waals surface area contributed by atoms with Gasteiger partial charge in [-0.2, -0.15) is 0 Å². The van der Waals surface area contributed by atoms with E-state index < -0.39 is 23.3 Å². The topological polar surface area (TPSA) is 131 Å². The van der Waals surface area contributed by atoms with E-state index in [0.29, 0.717) is 40.2 Å². The van der Waals surface area contributed by atoms with Crippen LogP contribution in [0, 0.1) is 34.1 Å². The molecule has 1 saturated heterocycles. The first-order chi connectivity index (χ1) is 30.9. The van der Waals surface area contributed by atoms with E-state index in [1.165, 1.54) is 89.2 Å². The van der Waals surface area contributed by atoms with Crippen LogP contribution in [0.5, 0.6) is 0 Å². The van der Waals surface area contributed by atoms with Gasteiger partial charge in [-0.25, -0.2) is 27.5 Å². The van der Waals surface area contributed by atoms with Crippen molar-refractivity contribution >= 4 is 52.8 Å². The maximum Gasteiger partial charge on any atom is 0.270 e. The second-order valence-electron chi connectivity index (χ2n) is 18.1. The van der Waals surface area contributed by atoms with E-state index in [1.54, 1.807) is 6.07 Å². The maximum atomic E-state index is 13.5. The van der Waals surface area contributed by atoms with E-state index in [-0.39, 0.29) is 34.6 Å². The average Bonchev–Trinajstić information content (AvgIpc) is 4.11. The number of carbonyl (C=O) groups excluding carboxylic acids is 2. The summed E-state index contributed by atoms with van der Waals surface area (Å²) in [6.45, 7) is 2.00. The smallest absolute Gasteiger partial charge is 0.270 e. The van der Waals surface area contributed by atoms with Crippen LogP contribution in [-0.4, -0.2) is 47.1 Å². The largest absolute Gasteiger partial charge is 0.399 e.